The lowest BCUT2D eigenvalue weighted by molar-refractivity contribution is -0.138. The fourth-order valence-corrected chi connectivity index (χ4v) is 3.40. The van der Waals surface area contributed by atoms with Crippen LogP contribution < -0.4 is 17.3 Å². The van der Waals surface area contributed by atoms with Crippen LogP contribution in [-0.2, 0) is 9.53 Å². The first kappa shape index (κ1) is 22.7. The van der Waals surface area contributed by atoms with E-state index in [0.717, 1.165) is 0 Å². The maximum Gasteiger partial charge on any atom is 0.320 e. The Morgan fingerprint density at radius 1 is 1.29 bits per heavy atom. The second-order valence-electron chi connectivity index (χ2n) is 7.14. The first-order chi connectivity index (χ1) is 14.8. The van der Waals surface area contributed by atoms with Gasteiger partial charge in [0.15, 0.2) is 17.7 Å². The number of imidazole rings is 1. The van der Waals surface area contributed by atoms with E-state index in [1.165, 1.54) is 17.2 Å². The Kier molecular flexibility index (Phi) is 7.24. The van der Waals surface area contributed by atoms with Gasteiger partial charge >= 0.3 is 5.97 Å². The highest BCUT2D eigenvalue weighted by Crippen LogP contribution is 2.32. The van der Waals surface area contributed by atoms with Gasteiger partial charge in [-0.1, -0.05) is 5.22 Å². The largest absolute Gasteiger partial charge is 0.480 e. The van der Waals surface area contributed by atoms with Gasteiger partial charge in [-0.25, -0.2) is 15.0 Å². The van der Waals surface area contributed by atoms with Gasteiger partial charge in [0, 0.05) is 19.6 Å². The number of nitrogen functional groups attached to an aromatic ring is 1. The van der Waals surface area contributed by atoms with Crippen molar-refractivity contribution >= 4 is 23.0 Å². The highest BCUT2D eigenvalue weighted by atomic mass is 16.6. The first-order valence-corrected chi connectivity index (χ1v) is 9.55. The molecule has 3 rings (SSSR count). The number of rotatable bonds is 10. The molecule has 2 aromatic rings. The molecule has 0 amide bonds. The van der Waals surface area contributed by atoms with Gasteiger partial charge in [0.1, 0.15) is 36.2 Å². The van der Waals surface area contributed by atoms with Gasteiger partial charge in [-0.2, -0.15) is 5.11 Å². The average molecular weight is 438 g/mol. The Bertz CT molecular complexity index is 923. The molecular formula is C16H26N10O5. The van der Waals surface area contributed by atoms with E-state index >= 15 is 0 Å². The van der Waals surface area contributed by atoms with Crippen molar-refractivity contribution in [3.8, 4) is 0 Å². The molecule has 15 heteroatoms. The van der Waals surface area contributed by atoms with Crippen LogP contribution in [0, 0.1) is 0 Å². The number of carboxylic acids is 1. The van der Waals surface area contributed by atoms with Crippen LogP contribution in [0.2, 0.25) is 0 Å². The lowest BCUT2D eigenvalue weighted by Gasteiger charge is -2.26. The van der Waals surface area contributed by atoms with Gasteiger partial charge in [0.05, 0.1) is 12.9 Å². The number of fused-ring (bicyclic) bond motifs is 1. The fourth-order valence-electron chi connectivity index (χ4n) is 3.40. The summed E-state index contributed by atoms with van der Waals surface area (Å²) < 4.78 is 7.40. The lowest BCUT2D eigenvalue weighted by atomic mass is 10.1. The Morgan fingerprint density at radius 2 is 2.06 bits per heavy atom. The fraction of sp³-hybridized carbons (Fsp3) is 0.625. The summed E-state index contributed by atoms with van der Waals surface area (Å²) in [5.74, 6) is 4.10. The van der Waals surface area contributed by atoms with Crippen molar-refractivity contribution in [2.24, 2.45) is 21.9 Å². The number of aromatic nitrogens is 4. The number of hydrogen-bond donors (Lipinski definition) is 6. The highest BCUT2D eigenvalue weighted by molar-refractivity contribution is 5.81. The Labute approximate surface area is 176 Å². The molecular weight excluding hydrogens is 412 g/mol. The standard InChI is InChI=1S/C16H26N10O5/c17-8(16(29)30)1-3-25(4-2-23-24-19)5-9-11(27)12(28)15(31-9)26-7-22-10-13(18)20-6-21-14(10)26/h6-9,11-12,15,27-28H,1-5,17H2,(H2,19,23)(H,29,30)(H2,18,20,21)/t8-,9+,11+,12+,15+/m0/s1. The van der Waals surface area contributed by atoms with Crippen molar-refractivity contribution in [2.75, 3.05) is 31.9 Å². The van der Waals surface area contributed by atoms with Gasteiger partial charge in [0.25, 0.3) is 0 Å². The molecule has 3 heterocycles. The molecule has 0 spiro atoms. The topological polar surface area (TPSA) is 237 Å². The van der Waals surface area contributed by atoms with Crippen molar-refractivity contribution in [1.82, 2.24) is 24.4 Å². The third-order valence-corrected chi connectivity index (χ3v) is 5.11. The molecule has 0 saturated carbocycles. The SMILES string of the molecule is NN=NCCN(CC[C@H](N)C(=O)O)C[C@H]1O[C@@H](n2cnc3c(N)ncnc32)[C@H](O)[C@@H]1O. The van der Waals surface area contributed by atoms with E-state index in [1.807, 2.05) is 4.90 Å². The van der Waals surface area contributed by atoms with E-state index < -0.39 is 36.6 Å². The molecule has 170 valence electrons. The number of aliphatic carboxylic acids is 1. The van der Waals surface area contributed by atoms with Gasteiger partial charge in [-0.3, -0.25) is 14.3 Å². The van der Waals surface area contributed by atoms with Crippen molar-refractivity contribution in [3.63, 3.8) is 0 Å². The van der Waals surface area contributed by atoms with E-state index in [9.17, 15) is 15.0 Å². The van der Waals surface area contributed by atoms with Crippen molar-refractivity contribution in [1.29, 1.82) is 0 Å². The molecule has 31 heavy (non-hydrogen) atoms. The second-order valence-corrected chi connectivity index (χ2v) is 7.14. The average Bonchev–Trinajstić information content (AvgIpc) is 3.29. The molecule has 0 aliphatic carbocycles. The predicted octanol–water partition coefficient (Wildman–Crippen LogP) is -2.54. The zero-order valence-corrected chi connectivity index (χ0v) is 16.6. The minimum Gasteiger partial charge on any atom is -0.480 e. The molecule has 1 fully saturated rings. The van der Waals surface area contributed by atoms with Crippen molar-refractivity contribution in [3.05, 3.63) is 12.7 Å². The molecule has 9 N–H and O–H groups in total. The lowest BCUT2D eigenvalue weighted by Crippen LogP contribution is -2.43. The summed E-state index contributed by atoms with van der Waals surface area (Å²) in [5, 5.41) is 37.0. The van der Waals surface area contributed by atoms with Crippen LogP contribution in [0.4, 0.5) is 5.82 Å². The number of aliphatic hydroxyl groups excluding tert-OH is 2. The Hall–Kier alpha value is -2.98. The number of ether oxygens (including phenoxy) is 1. The van der Waals surface area contributed by atoms with Crippen molar-refractivity contribution < 1.29 is 24.9 Å². The highest BCUT2D eigenvalue weighted by Gasteiger charge is 2.44. The van der Waals surface area contributed by atoms with Crippen LogP contribution >= 0.6 is 0 Å². The Balaban J connectivity index is 1.72. The summed E-state index contributed by atoms with van der Waals surface area (Å²) in [6, 6.07) is -1.03. The van der Waals surface area contributed by atoms with Crippen molar-refractivity contribution in [2.45, 2.75) is 37.0 Å². The first-order valence-electron chi connectivity index (χ1n) is 9.55. The zero-order valence-electron chi connectivity index (χ0n) is 16.6. The van der Waals surface area contributed by atoms with Gasteiger partial charge in [-0.15, -0.1) is 0 Å². The molecule has 1 aliphatic rings. The maximum absolute atomic E-state index is 11.0. The number of nitrogens with zero attached hydrogens (tertiary/aromatic N) is 7. The monoisotopic (exact) mass is 438 g/mol. The van der Waals surface area contributed by atoms with Crippen LogP contribution in [0.15, 0.2) is 23.0 Å². The molecule has 1 saturated heterocycles. The normalized spacial score (nSPS) is 25.0. The predicted molar refractivity (Wildman–Crippen MR) is 106 cm³/mol. The molecule has 0 radical (unpaired) electrons. The second kappa shape index (κ2) is 9.88. The quantitative estimate of drug-likeness (QED) is 0.128. The summed E-state index contributed by atoms with van der Waals surface area (Å²) in [5.41, 5.74) is 12.1. The van der Waals surface area contributed by atoms with E-state index in [0.29, 0.717) is 24.3 Å². The van der Waals surface area contributed by atoms with Gasteiger partial charge in [-0.05, 0) is 6.42 Å². The summed E-state index contributed by atoms with van der Waals surface area (Å²) in [7, 11) is 0. The zero-order chi connectivity index (χ0) is 22.5. The smallest absolute Gasteiger partial charge is 0.320 e. The van der Waals surface area contributed by atoms with E-state index in [4.69, 9.17) is 27.2 Å². The third-order valence-electron chi connectivity index (χ3n) is 5.11. The number of carbonyl (C=O) groups is 1. The molecule has 0 unspecified atom stereocenters. The summed E-state index contributed by atoms with van der Waals surface area (Å²) >= 11 is 0. The van der Waals surface area contributed by atoms with E-state index in [2.05, 4.69) is 25.3 Å². The molecule has 5 atom stereocenters. The van der Waals surface area contributed by atoms with Crippen LogP contribution in [-0.4, -0.2) is 96.2 Å². The molecule has 0 aromatic carbocycles. The number of nitrogens with two attached hydrogens (primary N) is 3. The maximum atomic E-state index is 11.0. The number of aliphatic hydroxyl groups is 2. The number of carboxylic acid groups (broad SMARTS) is 1. The van der Waals surface area contributed by atoms with Crippen LogP contribution in [0.1, 0.15) is 12.6 Å². The van der Waals surface area contributed by atoms with E-state index in [1.54, 1.807) is 0 Å². The van der Waals surface area contributed by atoms with Crippen LogP contribution in [0.5, 0.6) is 0 Å². The summed E-state index contributed by atoms with van der Waals surface area (Å²) in [4.78, 5) is 25.0. The Morgan fingerprint density at radius 3 is 2.77 bits per heavy atom. The van der Waals surface area contributed by atoms with Crippen LogP contribution in [0.25, 0.3) is 11.2 Å². The molecule has 15 nitrogen and oxygen atoms in total. The van der Waals surface area contributed by atoms with Crippen LogP contribution in [0.3, 0.4) is 0 Å². The number of anilines is 1. The summed E-state index contributed by atoms with van der Waals surface area (Å²) in [6.07, 6.45) is -1.36. The minimum absolute atomic E-state index is 0.173. The molecule has 0 bridgehead atoms. The minimum atomic E-state index is -1.26. The number of hydrogen-bond acceptors (Lipinski definition) is 12. The van der Waals surface area contributed by atoms with Gasteiger partial charge < -0.3 is 37.4 Å². The van der Waals surface area contributed by atoms with E-state index in [-0.39, 0.29) is 25.3 Å². The summed E-state index contributed by atoms with van der Waals surface area (Å²) in [6.45, 7) is 1.12. The van der Waals surface area contributed by atoms with Gasteiger partial charge in [0.2, 0.25) is 0 Å². The molecule has 2 aromatic heterocycles. The molecule has 1 aliphatic heterocycles. The third kappa shape index (κ3) is 5.02.